The summed E-state index contributed by atoms with van der Waals surface area (Å²) >= 11 is 0. The summed E-state index contributed by atoms with van der Waals surface area (Å²) in [6, 6.07) is 8.08. The number of phenols is 1. The number of anilines is 1. The molecule has 134 valence electrons. The number of ether oxygens (including phenoxy) is 2. The van der Waals surface area contributed by atoms with E-state index in [1.54, 1.807) is 6.07 Å². The Labute approximate surface area is 145 Å². The van der Waals surface area contributed by atoms with Gasteiger partial charge in [-0.3, -0.25) is 0 Å². The first-order valence-corrected chi connectivity index (χ1v) is 9.44. The molecule has 1 N–H and O–H groups in total. The number of aromatic hydroxyl groups is 1. The monoisotopic (exact) mass is 333 g/mol. The summed E-state index contributed by atoms with van der Waals surface area (Å²) in [4.78, 5) is 2.45. The van der Waals surface area contributed by atoms with Gasteiger partial charge in [0.15, 0.2) is 6.29 Å². The van der Waals surface area contributed by atoms with Gasteiger partial charge in [0, 0.05) is 30.9 Å². The summed E-state index contributed by atoms with van der Waals surface area (Å²) in [5, 5.41) is 9.83. The molecule has 0 aromatic heterocycles. The molecule has 4 nitrogen and oxygen atoms in total. The Kier molecular flexibility index (Phi) is 6.01. The lowest BCUT2D eigenvalue weighted by molar-refractivity contribution is -0.163. The Balaban J connectivity index is 1.63. The predicted molar refractivity (Wildman–Crippen MR) is 96.3 cm³/mol. The molecule has 4 atom stereocenters. The summed E-state index contributed by atoms with van der Waals surface area (Å²) in [5.74, 6) is 1.66. The van der Waals surface area contributed by atoms with E-state index in [0.29, 0.717) is 17.7 Å². The van der Waals surface area contributed by atoms with E-state index in [4.69, 9.17) is 9.47 Å². The first-order valence-electron chi connectivity index (χ1n) is 9.44. The van der Waals surface area contributed by atoms with Gasteiger partial charge in [-0.25, -0.2) is 0 Å². The van der Waals surface area contributed by atoms with Crippen molar-refractivity contribution in [3.63, 3.8) is 0 Å². The lowest BCUT2D eigenvalue weighted by Crippen LogP contribution is -2.48. The number of nitrogens with zero attached hydrogens (tertiary/aromatic N) is 1. The topological polar surface area (TPSA) is 41.9 Å². The van der Waals surface area contributed by atoms with Crippen molar-refractivity contribution >= 4 is 5.69 Å². The highest BCUT2D eigenvalue weighted by molar-refractivity contribution is 5.51. The molecule has 0 spiro atoms. The van der Waals surface area contributed by atoms with Crippen LogP contribution in [-0.2, 0) is 9.47 Å². The molecule has 0 bridgehead atoms. The molecule has 1 aromatic carbocycles. The predicted octanol–water partition coefficient (Wildman–Crippen LogP) is 4.18. The van der Waals surface area contributed by atoms with Crippen LogP contribution >= 0.6 is 0 Å². The average molecular weight is 333 g/mol. The van der Waals surface area contributed by atoms with Gasteiger partial charge < -0.3 is 19.5 Å². The van der Waals surface area contributed by atoms with Crippen LogP contribution in [0.25, 0.3) is 0 Å². The standard InChI is InChI=1S/C20H31NO3/c1-15-9-11-21(17-6-5-7-18(22)14-17)19(16(15)2)10-13-24-20-8-3-4-12-23-20/h5-7,14-16,19-20,22H,3-4,8-13H2,1-2H3. The molecule has 2 aliphatic rings. The van der Waals surface area contributed by atoms with Gasteiger partial charge in [0.2, 0.25) is 0 Å². The molecule has 2 aliphatic heterocycles. The second-order valence-corrected chi connectivity index (χ2v) is 7.36. The SMILES string of the molecule is CC1CCN(c2cccc(O)c2)C(CCOC2CCCCO2)C1C. The van der Waals surface area contributed by atoms with E-state index in [-0.39, 0.29) is 6.29 Å². The average Bonchev–Trinajstić information content (AvgIpc) is 2.60. The van der Waals surface area contributed by atoms with Gasteiger partial charge in [-0.05, 0) is 56.1 Å². The van der Waals surface area contributed by atoms with Gasteiger partial charge in [0.05, 0.1) is 6.61 Å². The lowest BCUT2D eigenvalue weighted by Gasteiger charge is -2.45. The van der Waals surface area contributed by atoms with E-state index < -0.39 is 0 Å². The quantitative estimate of drug-likeness (QED) is 0.878. The first kappa shape index (κ1) is 17.6. The van der Waals surface area contributed by atoms with Crippen molar-refractivity contribution in [2.24, 2.45) is 11.8 Å². The van der Waals surface area contributed by atoms with Crippen molar-refractivity contribution in [2.45, 2.75) is 58.3 Å². The molecule has 24 heavy (non-hydrogen) atoms. The Hall–Kier alpha value is -1.26. The molecule has 4 unspecified atom stereocenters. The van der Waals surface area contributed by atoms with Crippen LogP contribution in [0, 0.1) is 11.8 Å². The first-order chi connectivity index (χ1) is 11.6. The molecule has 1 aromatic rings. The maximum atomic E-state index is 9.83. The molecular weight excluding hydrogens is 302 g/mol. The Morgan fingerprint density at radius 1 is 1.25 bits per heavy atom. The van der Waals surface area contributed by atoms with Crippen molar-refractivity contribution < 1.29 is 14.6 Å². The van der Waals surface area contributed by atoms with Crippen LogP contribution in [0.2, 0.25) is 0 Å². The molecule has 4 heteroatoms. The fourth-order valence-electron chi connectivity index (χ4n) is 4.01. The van der Waals surface area contributed by atoms with Gasteiger partial charge in [0.1, 0.15) is 5.75 Å². The van der Waals surface area contributed by atoms with Crippen LogP contribution < -0.4 is 4.90 Å². The van der Waals surface area contributed by atoms with Crippen molar-refractivity contribution in [1.29, 1.82) is 0 Å². The third-order valence-electron chi connectivity index (χ3n) is 5.75. The highest BCUT2D eigenvalue weighted by atomic mass is 16.7. The van der Waals surface area contributed by atoms with E-state index in [1.807, 2.05) is 12.1 Å². The van der Waals surface area contributed by atoms with Crippen LogP contribution in [0.1, 0.15) is 46.0 Å². The fourth-order valence-corrected chi connectivity index (χ4v) is 4.01. The van der Waals surface area contributed by atoms with E-state index >= 15 is 0 Å². The molecular formula is C20H31NO3. The molecule has 0 radical (unpaired) electrons. The van der Waals surface area contributed by atoms with Crippen LogP contribution in [0.3, 0.4) is 0 Å². The van der Waals surface area contributed by atoms with Crippen molar-refractivity contribution in [2.75, 3.05) is 24.7 Å². The minimum Gasteiger partial charge on any atom is -0.508 e. The Bertz CT molecular complexity index is 515. The Morgan fingerprint density at radius 2 is 2.12 bits per heavy atom. The van der Waals surface area contributed by atoms with Crippen molar-refractivity contribution in [3.05, 3.63) is 24.3 Å². The molecule has 3 rings (SSSR count). The largest absolute Gasteiger partial charge is 0.508 e. The number of hydrogen-bond donors (Lipinski definition) is 1. The fraction of sp³-hybridized carbons (Fsp3) is 0.700. The smallest absolute Gasteiger partial charge is 0.157 e. The van der Waals surface area contributed by atoms with Crippen molar-refractivity contribution in [1.82, 2.24) is 0 Å². The molecule has 2 fully saturated rings. The zero-order valence-electron chi connectivity index (χ0n) is 15.0. The van der Waals surface area contributed by atoms with E-state index in [2.05, 4.69) is 24.8 Å². The maximum absolute atomic E-state index is 9.83. The number of piperidine rings is 1. The third-order valence-corrected chi connectivity index (χ3v) is 5.75. The highest BCUT2D eigenvalue weighted by Crippen LogP contribution is 2.35. The molecule has 2 saturated heterocycles. The summed E-state index contributed by atoms with van der Waals surface area (Å²) in [7, 11) is 0. The summed E-state index contributed by atoms with van der Waals surface area (Å²) < 4.78 is 11.7. The van der Waals surface area contributed by atoms with Gasteiger partial charge >= 0.3 is 0 Å². The van der Waals surface area contributed by atoms with Crippen LogP contribution in [0.5, 0.6) is 5.75 Å². The van der Waals surface area contributed by atoms with E-state index in [1.165, 1.54) is 12.8 Å². The summed E-state index contributed by atoms with van der Waals surface area (Å²) in [6.07, 6.45) is 5.57. The summed E-state index contributed by atoms with van der Waals surface area (Å²) in [5.41, 5.74) is 1.12. The normalized spacial score (nSPS) is 31.2. The minimum atomic E-state index is -0.00992. The third kappa shape index (κ3) is 4.22. The second kappa shape index (κ2) is 8.21. The minimum absolute atomic E-state index is 0.00992. The van der Waals surface area contributed by atoms with Crippen LogP contribution in [-0.4, -0.2) is 37.2 Å². The highest BCUT2D eigenvalue weighted by Gasteiger charge is 2.33. The van der Waals surface area contributed by atoms with Crippen LogP contribution in [0.15, 0.2) is 24.3 Å². The lowest BCUT2D eigenvalue weighted by atomic mass is 9.80. The van der Waals surface area contributed by atoms with E-state index in [9.17, 15) is 5.11 Å². The number of benzene rings is 1. The maximum Gasteiger partial charge on any atom is 0.157 e. The van der Waals surface area contributed by atoms with E-state index in [0.717, 1.165) is 50.6 Å². The number of rotatable bonds is 5. The summed E-state index contributed by atoms with van der Waals surface area (Å²) in [6.45, 7) is 7.31. The molecule has 0 aliphatic carbocycles. The number of phenolic OH excluding ortho intramolecular Hbond substituents is 1. The van der Waals surface area contributed by atoms with Crippen LogP contribution in [0.4, 0.5) is 5.69 Å². The zero-order valence-corrected chi connectivity index (χ0v) is 15.0. The second-order valence-electron chi connectivity index (χ2n) is 7.36. The molecule has 0 saturated carbocycles. The Morgan fingerprint density at radius 3 is 2.88 bits per heavy atom. The van der Waals surface area contributed by atoms with Gasteiger partial charge in [-0.2, -0.15) is 0 Å². The van der Waals surface area contributed by atoms with Gasteiger partial charge in [-0.15, -0.1) is 0 Å². The van der Waals surface area contributed by atoms with Gasteiger partial charge in [0.25, 0.3) is 0 Å². The van der Waals surface area contributed by atoms with Gasteiger partial charge in [-0.1, -0.05) is 19.9 Å². The molecule has 2 heterocycles. The molecule has 0 amide bonds. The zero-order chi connectivity index (χ0) is 16.9. The van der Waals surface area contributed by atoms with Crippen molar-refractivity contribution in [3.8, 4) is 5.75 Å². The number of hydrogen-bond acceptors (Lipinski definition) is 4.